The normalized spacial score (nSPS) is 10.7. The van der Waals surface area contributed by atoms with Crippen LogP contribution < -0.4 is 5.32 Å². The van der Waals surface area contributed by atoms with Crippen LogP contribution in [-0.2, 0) is 0 Å². The van der Waals surface area contributed by atoms with Gasteiger partial charge in [0.25, 0.3) is 5.91 Å². The van der Waals surface area contributed by atoms with E-state index < -0.39 is 0 Å². The SMILES string of the molecule is O=C(Nc1ncccc1O)c1ccc2noc(-c3ccccc3)c2c1. The number of fused-ring (bicyclic) bond motifs is 1. The molecule has 0 radical (unpaired) electrons. The third-order valence-electron chi connectivity index (χ3n) is 3.79. The van der Waals surface area contributed by atoms with Gasteiger partial charge in [-0.3, -0.25) is 4.79 Å². The fraction of sp³-hybridized carbons (Fsp3) is 0. The molecule has 6 heteroatoms. The second-order valence-electron chi connectivity index (χ2n) is 5.43. The van der Waals surface area contributed by atoms with Gasteiger partial charge in [0.1, 0.15) is 5.52 Å². The predicted octanol–water partition coefficient (Wildman–Crippen LogP) is 3.85. The molecule has 2 heterocycles. The summed E-state index contributed by atoms with van der Waals surface area (Å²) in [7, 11) is 0. The van der Waals surface area contributed by atoms with E-state index in [1.807, 2.05) is 30.3 Å². The van der Waals surface area contributed by atoms with Crippen LogP contribution in [0.3, 0.4) is 0 Å². The zero-order valence-electron chi connectivity index (χ0n) is 13.0. The van der Waals surface area contributed by atoms with Gasteiger partial charge in [-0.05, 0) is 30.3 Å². The summed E-state index contributed by atoms with van der Waals surface area (Å²) in [6, 6.07) is 17.7. The Hall–Kier alpha value is -3.67. The number of pyridine rings is 1. The number of benzene rings is 2. The molecule has 6 nitrogen and oxygen atoms in total. The van der Waals surface area contributed by atoms with Gasteiger partial charge >= 0.3 is 0 Å². The minimum atomic E-state index is -0.379. The zero-order chi connectivity index (χ0) is 17.2. The molecule has 2 aromatic carbocycles. The Morgan fingerprint density at radius 2 is 1.88 bits per heavy atom. The number of anilines is 1. The number of aromatic nitrogens is 2. The topological polar surface area (TPSA) is 88.2 Å². The van der Waals surface area contributed by atoms with Crippen LogP contribution in [0.25, 0.3) is 22.2 Å². The molecule has 1 amide bonds. The van der Waals surface area contributed by atoms with Crippen molar-refractivity contribution in [1.29, 1.82) is 0 Å². The highest BCUT2D eigenvalue weighted by Gasteiger charge is 2.15. The molecule has 0 aliphatic heterocycles. The molecular formula is C19H13N3O3. The summed E-state index contributed by atoms with van der Waals surface area (Å²) in [6.45, 7) is 0. The van der Waals surface area contributed by atoms with Gasteiger partial charge in [-0.15, -0.1) is 0 Å². The predicted molar refractivity (Wildman–Crippen MR) is 93.3 cm³/mol. The van der Waals surface area contributed by atoms with Gasteiger partial charge in [0, 0.05) is 17.3 Å². The smallest absolute Gasteiger partial charge is 0.256 e. The van der Waals surface area contributed by atoms with Gasteiger partial charge in [0.2, 0.25) is 0 Å². The van der Waals surface area contributed by atoms with Crippen LogP contribution in [-0.4, -0.2) is 21.2 Å². The number of hydrogen-bond donors (Lipinski definition) is 2. The minimum absolute atomic E-state index is 0.0909. The van der Waals surface area contributed by atoms with Gasteiger partial charge in [0.05, 0.1) is 5.39 Å². The fourth-order valence-electron chi connectivity index (χ4n) is 2.55. The molecule has 0 bridgehead atoms. The fourth-order valence-corrected chi connectivity index (χ4v) is 2.55. The summed E-state index contributed by atoms with van der Waals surface area (Å²) in [5.41, 5.74) is 1.96. The molecule has 122 valence electrons. The number of carbonyl (C=O) groups excluding carboxylic acids is 1. The summed E-state index contributed by atoms with van der Waals surface area (Å²) >= 11 is 0. The lowest BCUT2D eigenvalue weighted by molar-refractivity contribution is 0.102. The highest BCUT2D eigenvalue weighted by Crippen LogP contribution is 2.29. The lowest BCUT2D eigenvalue weighted by atomic mass is 10.1. The van der Waals surface area contributed by atoms with Crippen molar-refractivity contribution in [2.24, 2.45) is 0 Å². The van der Waals surface area contributed by atoms with E-state index in [9.17, 15) is 9.90 Å². The third-order valence-corrected chi connectivity index (χ3v) is 3.79. The van der Waals surface area contributed by atoms with E-state index in [0.29, 0.717) is 16.8 Å². The molecule has 25 heavy (non-hydrogen) atoms. The van der Waals surface area contributed by atoms with Crippen molar-refractivity contribution in [1.82, 2.24) is 10.1 Å². The first-order valence-electron chi connectivity index (χ1n) is 7.62. The maximum atomic E-state index is 12.5. The molecule has 0 saturated heterocycles. The Kier molecular flexibility index (Phi) is 3.63. The van der Waals surface area contributed by atoms with Crippen molar-refractivity contribution in [2.75, 3.05) is 5.32 Å². The molecule has 0 spiro atoms. The first-order chi connectivity index (χ1) is 12.2. The molecule has 2 N–H and O–H groups in total. The largest absolute Gasteiger partial charge is 0.504 e. The first-order valence-corrected chi connectivity index (χ1v) is 7.62. The lowest BCUT2D eigenvalue weighted by Crippen LogP contribution is -2.12. The zero-order valence-corrected chi connectivity index (χ0v) is 13.0. The summed E-state index contributed by atoms with van der Waals surface area (Å²) in [4.78, 5) is 16.4. The molecule has 4 rings (SSSR count). The van der Waals surface area contributed by atoms with E-state index in [1.165, 1.54) is 12.3 Å². The Labute approximate surface area is 142 Å². The number of nitrogens with one attached hydrogen (secondary N) is 1. The maximum absolute atomic E-state index is 12.5. The molecule has 0 aliphatic rings. The quantitative estimate of drug-likeness (QED) is 0.595. The Bertz CT molecular complexity index is 1060. The van der Waals surface area contributed by atoms with Crippen LogP contribution in [0.5, 0.6) is 5.75 Å². The van der Waals surface area contributed by atoms with Crippen molar-refractivity contribution >= 4 is 22.6 Å². The van der Waals surface area contributed by atoms with E-state index >= 15 is 0 Å². The first kappa shape index (κ1) is 14.9. The van der Waals surface area contributed by atoms with Crippen molar-refractivity contribution < 1.29 is 14.4 Å². The molecule has 4 aromatic rings. The van der Waals surface area contributed by atoms with E-state index in [-0.39, 0.29) is 17.5 Å². The summed E-state index contributed by atoms with van der Waals surface area (Å²) in [5.74, 6) is 0.245. The average Bonchev–Trinajstić information content (AvgIpc) is 3.07. The highest BCUT2D eigenvalue weighted by molar-refractivity contribution is 6.07. The van der Waals surface area contributed by atoms with E-state index in [0.717, 1.165) is 10.9 Å². The van der Waals surface area contributed by atoms with Crippen molar-refractivity contribution in [3.8, 4) is 17.1 Å². The molecule has 0 saturated carbocycles. The van der Waals surface area contributed by atoms with E-state index in [4.69, 9.17) is 4.52 Å². The summed E-state index contributed by atoms with van der Waals surface area (Å²) in [5, 5.41) is 17.1. The third kappa shape index (κ3) is 2.81. The van der Waals surface area contributed by atoms with E-state index in [1.54, 1.807) is 24.3 Å². The average molecular weight is 331 g/mol. The molecule has 0 aliphatic carbocycles. The number of aromatic hydroxyl groups is 1. The van der Waals surface area contributed by atoms with Crippen LogP contribution in [0.1, 0.15) is 10.4 Å². The van der Waals surface area contributed by atoms with Crippen LogP contribution >= 0.6 is 0 Å². The number of nitrogens with zero attached hydrogens (tertiary/aromatic N) is 2. The second-order valence-corrected chi connectivity index (χ2v) is 5.43. The van der Waals surface area contributed by atoms with Crippen molar-refractivity contribution in [3.63, 3.8) is 0 Å². The van der Waals surface area contributed by atoms with Gasteiger partial charge in [-0.1, -0.05) is 35.5 Å². The van der Waals surface area contributed by atoms with E-state index in [2.05, 4.69) is 15.5 Å². The van der Waals surface area contributed by atoms with Crippen molar-refractivity contribution in [2.45, 2.75) is 0 Å². The maximum Gasteiger partial charge on any atom is 0.256 e. The molecule has 0 fully saturated rings. The van der Waals surface area contributed by atoms with Crippen LogP contribution in [0.15, 0.2) is 71.4 Å². The van der Waals surface area contributed by atoms with Gasteiger partial charge in [-0.2, -0.15) is 0 Å². The van der Waals surface area contributed by atoms with Gasteiger partial charge in [0.15, 0.2) is 17.3 Å². The minimum Gasteiger partial charge on any atom is -0.504 e. The molecule has 0 unspecified atom stereocenters. The van der Waals surface area contributed by atoms with Crippen molar-refractivity contribution in [3.05, 3.63) is 72.4 Å². The monoisotopic (exact) mass is 331 g/mol. The number of hydrogen-bond acceptors (Lipinski definition) is 5. The van der Waals surface area contributed by atoms with Gasteiger partial charge in [-0.25, -0.2) is 4.98 Å². The number of rotatable bonds is 3. The number of carbonyl (C=O) groups is 1. The Balaban J connectivity index is 1.71. The summed E-state index contributed by atoms with van der Waals surface area (Å²) in [6.07, 6.45) is 1.49. The van der Waals surface area contributed by atoms with Crippen LogP contribution in [0.2, 0.25) is 0 Å². The summed E-state index contributed by atoms with van der Waals surface area (Å²) < 4.78 is 5.44. The Morgan fingerprint density at radius 1 is 1.04 bits per heavy atom. The molecular weight excluding hydrogens is 318 g/mol. The standard InChI is InChI=1S/C19H13N3O3/c23-16-7-4-10-20-18(16)21-19(24)13-8-9-15-14(11-13)17(25-22-15)12-5-2-1-3-6-12/h1-11,23H,(H,20,21,24). The number of amides is 1. The highest BCUT2D eigenvalue weighted by atomic mass is 16.5. The van der Waals surface area contributed by atoms with Crippen LogP contribution in [0.4, 0.5) is 5.82 Å². The van der Waals surface area contributed by atoms with Crippen LogP contribution in [0, 0.1) is 0 Å². The molecule has 2 aromatic heterocycles. The lowest BCUT2D eigenvalue weighted by Gasteiger charge is -2.06. The van der Waals surface area contributed by atoms with Gasteiger partial charge < -0.3 is 14.9 Å². The second kappa shape index (κ2) is 6.09. The molecule has 0 atom stereocenters. The Morgan fingerprint density at radius 3 is 2.68 bits per heavy atom.